The first kappa shape index (κ1) is 18.9. The van der Waals surface area contributed by atoms with E-state index in [0.29, 0.717) is 18.8 Å². The lowest BCUT2D eigenvalue weighted by molar-refractivity contribution is -0.135. The van der Waals surface area contributed by atoms with Gasteiger partial charge in [0.05, 0.1) is 0 Å². The van der Waals surface area contributed by atoms with Crippen LogP contribution in [0.15, 0.2) is 0 Å². The standard InChI is InChI=1S/C16H32N2O2/c1-7-8-9-12(14(17)19)13(10-11(2)3)15(20)18-16(4,5)6/h11-13H,7-10H2,1-6H3,(H2,17,19)(H,18,20). The Labute approximate surface area is 123 Å². The van der Waals surface area contributed by atoms with Crippen LogP contribution in [0.5, 0.6) is 0 Å². The Bertz CT molecular complexity index is 319. The molecule has 0 spiro atoms. The van der Waals surface area contributed by atoms with E-state index < -0.39 is 0 Å². The highest BCUT2D eigenvalue weighted by Gasteiger charge is 2.33. The molecule has 0 bridgehead atoms. The van der Waals surface area contributed by atoms with E-state index in [1.165, 1.54) is 0 Å². The number of carbonyl (C=O) groups is 2. The van der Waals surface area contributed by atoms with Gasteiger partial charge in [0.1, 0.15) is 0 Å². The van der Waals surface area contributed by atoms with Gasteiger partial charge in [0.25, 0.3) is 0 Å². The van der Waals surface area contributed by atoms with Crippen LogP contribution in [0, 0.1) is 17.8 Å². The number of nitrogens with two attached hydrogens (primary N) is 1. The second kappa shape index (κ2) is 8.28. The third-order valence-electron chi connectivity index (χ3n) is 3.28. The molecule has 0 aromatic rings. The molecule has 0 aromatic heterocycles. The topological polar surface area (TPSA) is 72.2 Å². The lowest BCUT2D eigenvalue weighted by Gasteiger charge is -2.29. The fourth-order valence-electron chi connectivity index (χ4n) is 2.39. The summed E-state index contributed by atoms with van der Waals surface area (Å²) in [6.07, 6.45) is 3.31. The number of rotatable bonds is 8. The molecule has 2 atom stereocenters. The van der Waals surface area contributed by atoms with Crippen LogP contribution < -0.4 is 11.1 Å². The van der Waals surface area contributed by atoms with Gasteiger partial charge in [-0.25, -0.2) is 0 Å². The lowest BCUT2D eigenvalue weighted by Crippen LogP contribution is -2.48. The van der Waals surface area contributed by atoms with Crippen molar-refractivity contribution in [3.05, 3.63) is 0 Å². The highest BCUT2D eigenvalue weighted by atomic mass is 16.2. The Balaban J connectivity index is 5.07. The molecule has 3 N–H and O–H groups in total. The molecule has 0 aliphatic rings. The number of nitrogens with one attached hydrogen (secondary N) is 1. The molecule has 0 saturated carbocycles. The Kier molecular flexibility index (Phi) is 7.84. The van der Waals surface area contributed by atoms with E-state index in [1.807, 2.05) is 20.8 Å². The van der Waals surface area contributed by atoms with Crippen molar-refractivity contribution in [1.29, 1.82) is 0 Å². The van der Waals surface area contributed by atoms with Crippen molar-refractivity contribution in [1.82, 2.24) is 5.32 Å². The molecule has 2 unspecified atom stereocenters. The van der Waals surface area contributed by atoms with Crippen LogP contribution in [-0.4, -0.2) is 17.4 Å². The molecule has 0 fully saturated rings. The largest absolute Gasteiger partial charge is 0.369 e. The van der Waals surface area contributed by atoms with Gasteiger partial charge in [0, 0.05) is 17.4 Å². The van der Waals surface area contributed by atoms with Crippen LogP contribution in [0.4, 0.5) is 0 Å². The highest BCUT2D eigenvalue weighted by molar-refractivity contribution is 5.87. The number of hydrogen-bond acceptors (Lipinski definition) is 2. The van der Waals surface area contributed by atoms with Crippen LogP contribution in [-0.2, 0) is 9.59 Å². The number of amides is 2. The van der Waals surface area contributed by atoms with Crippen molar-refractivity contribution in [3.63, 3.8) is 0 Å². The molecule has 4 nitrogen and oxygen atoms in total. The van der Waals surface area contributed by atoms with E-state index in [-0.39, 0.29) is 29.2 Å². The first-order chi connectivity index (χ1) is 9.08. The normalized spacial score (nSPS) is 14.9. The number of carbonyl (C=O) groups excluding carboxylic acids is 2. The third-order valence-corrected chi connectivity index (χ3v) is 3.28. The van der Waals surface area contributed by atoms with Crippen molar-refractivity contribution in [2.75, 3.05) is 0 Å². The number of unbranched alkanes of at least 4 members (excludes halogenated alkanes) is 1. The van der Waals surface area contributed by atoms with Gasteiger partial charge in [0.2, 0.25) is 11.8 Å². The van der Waals surface area contributed by atoms with Crippen LogP contribution in [0.2, 0.25) is 0 Å². The minimum atomic E-state index is -0.361. The summed E-state index contributed by atoms with van der Waals surface area (Å²) in [5, 5.41) is 2.99. The molecule has 0 aliphatic carbocycles. The molecule has 0 radical (unpaired) electrons. The van der Waals surface area contributed by atoms with E-state index in [0.717, 1.165) is 12.8 Å². The van der Waals surface area contributed by atoms with Gasteiger partial charge in [0.15, 0.2) is 0 Å². The average Bonchev–Trinajstić information content (AvgIpc) is 2.24. The van der Waals surface area contributed by atoms with E-state index in [1.54, 1.807) is 0 Å². The molecular formula is C16H32N2O2. The van der Waals surface area contributed by atoms with Crippen LogP contribution in [0.3, 0.4) is 0 Å². The summed E-state index contributed by atoms with van der Waals surface area (Å²) in [6.45, 7) is 12.0. The first-order valence-electron chi connectivity index (χ1n) is 7.69. The molecular weight excluding hydrogens is 252 g/mol. The molecule has 0 aliphatic heterocycles. The van der Waals surface area contributed by atoms with Gasteiger partial charge in [-0.3, -0.25) is 9.59 Å². The summed E-state index contributed by atoms with van der Waals surface area (Å²) in [6, 6.07) is 0. The molecule has 0 rings (SSSR count). The second-order valence-corrected chi connectivity index (χ2v) is 7.13. The third kappa shape index (κ3) is 7.51. The molecule has 2 amide bonds. The Morgan fingerprint density at radius 2 is 1.70 bits per heavy atom. The van der Waals surface area contributed by atoms with Crippen molar-refractivity contribution in [2.45, 2.75) is 72.8 Å². The predicted molar refractivity (Wildman–Crippen MR) is 83.1 cm³/mol. The fourth-order valence-corrected chi connectivity index (χ4v) is 2.39. The van der Waals surface area contributed by atoms with Crippen molar-refractivity contribution in [3.8, 4) is 0 Å². The summed E-state index contributed by atoms with van der Waals surface area (Å²) in [7, 11) is 0. The van der Waals surface area contributed by atoms with Gasteiger partial charge in [-0.1, -0.05) is 33.6 Å². The highest BCUT2D eigenvalue weighted by Crippen LogP contribution is 2.26. The zero-order chi connectivity index (χ0) is 15.9. The molecule has 0 heterocycles. The first-order valence-corrected chi connectivity index (χ1v) is 7.69. The number of hydrogen-bond donors (Lipinski definition) is 2. The van der Waals surface area contributed by atoms with Gasteiger partial charge in [-0.2, -0.15) is 0 Å². The summed E-state index contributed by atoms with van der Waals surface area (Å²) in [5.74, 6) is -0.730. The minimum Gasteiger partial charge on any atom is -0.369 e. The second-order valence-electron chi connectivity index (χ2n) is 7.13. The van der Waals surface area contributed by atoms with Gasteiger partial charge >= 0.3 is 0 Å². The quantitative estimate of drug-likeness (QED) is 0.719. The Morgan fingerprint density at radius 3 is 2.05 bits per heavy atom. The number of primary amides is 1. The summed E-state index contributed by atoms with van der Waals surface area (Å²) in [4.78, 5) is 24.2. The monoisotopic (exact) mass is 284 g/mol. The molecule has 0 aromatic carbocycles. The van der Waals surface area contributed by atoms with Crippen molar-refractivity contribution < 1.29 is 9.59 Å². The van der Waals surface area contributed by atoms with Crippen LogP contribution in [0.25, 0.3) is 0 Å². The Hall–Kier alpha value is -1.06. The van der Waals surface area contributed by atoms with E-state index >= 15 is 0 Å². The average molecular weight is 284 g/mol. The van der Waals surface area contributed by atoms with Crippen LogP contribution >= 0.6 is 0 Å². The summed E-state index contributed by atoms with van der Waals surface area (Å²) < 4.78 is 0. The van der Waals surface area contributed by atoms with Gasteiger partial charge in [-0.15, -0.1) is 0 Å². The molecule has 4 heteroatoms. The maximum atomic E-state index is 12.5. The van der Waals surface area contributed by atoms with E-state index in [2.05, 4.69) is 26.1 Å². The zero-order valence-electron chi connectivity index (χ0n) is 14.0. The fraction of sp³-hybridized carbons (Fsp3) is 0.875. The smallest absolute Gasteiger partial charge is 0.224 e. The summed E-state index contributed by atoms with van der Waals surface area (Å²) in [5.41, 5.74) is 5.24. The van der Waals surface area contributed by atoms with Crippen LogP contribution in [0.1, 0.15) is 67.2 Å². The SMILES string of the molecule is CCCCC(C(N)=O)C(CC(C)C)C(=O)NC(C)(C)C. The lowest BCUT2D eigenvalue weighted by atomic mass is 9.81. The van der Waals surface area contributed by atoms with Crippen molar-refractivity contribution >= 4 is 11.8 Å². The maximum Gasteiger partial charge on any atom is 0.224 e. The molecule has 118 valence electrons. The minimum absolute atomic E-state index is 0.0499. The van der Waals surface area contributed by atoms with E-state index in [4.69, 9.17) is 5.73 Å². The maximum absolute atomic E-state index is 12.5. The zero-order valence-corrected chi connectivity index (χ0v) is 14.0. The summed E-state index contributed by atoms with van der Waals surface area (Å²) >= 11 is 0. The van der Waals surface area contributed by atoms with Gasteiger partial charge in [-0.05, 0) is 39.5 Å². The van der Waals surface area contributed by atoms with E-state index in [9.17, 15) is 9.59 Å². The molecule has 20 heavy (non-hydrogen) atoms. The Morgan fingerprint density at radius 1 is 1.15 bits per heavy atom. The molecule has 0 saturated heterocycles. The van der Waals surface area contributed by atoms with Gasteiger partial charge < -0.3 is 11.1 Å². The van der Waals surface area contributed by atoms with Crippen molar-refractivity contribution in [2.24, 2.45) is 23.5 Å². The predicted octanol–water partition coefficient (Wildman–Crippen LogP) is 2.86.